The maximum absolute atomic E-state index is 5.59. The number of aryl methyl sites for hydroxylation is 1. The van der Waals surface area contributed by atoms with Crippen molar-refractivity contribution in [3.8, 4) is 0 Å². The molecule has 0 saturated carbocycles. The Hall–Kier alpha value is -0.430. The SMILES string of the molecule is Cc1[nH]ccc1Cl. The van der Waals surface area contributed by atoms with Crippen molar-refractivity contribution < 1.29 is 0 Å². The molecule has 7 heavy (non-hydrogen) atoms. The summed E-state index contributed by atoms with van der Waals surface area (Å²) in [7, 11) is 0. The molecular formula is C5H6ClN. The van der Waals surface area contributed by atoms with Crippen LogP contribution in [0.25, 0.3) is 0 Å². The van der Waals surface area contributed by atoms with Crippen molar-refractivity contribution in [1.29, 1.82) is 0 Å². The molecule has 0 atom stereocenters. The van der Waals surface area contributed by atoms with Gasteiger partial charge in [0.2, 0.25) is 0 Å². The van der Waals surface area contributed by atoms with Crippen LogP contribution in [0.5, 0.6) is 0 Å². The van der Waals surface area contributed by atoms with Gasteiger partial charge >= 0.3 is 0 Å². The lowest BCUT2D eigenvalue weighted by Gasteiger charge is -1.78. The molecule has 1 nitrogen and oxygen atoms in total. The Bertz CT molecular complexity index is 140. The van der Waals surface area contributed by atoms with E-state index < -0.39 is 0 Å². The lowest BCUT2D eigenvalue weighted by molar-refractivity contribution is 1.27. The van der Waals surface area contributed by atoms with Crippen LogP contribution < -0.4 is 0 Å². The summed E-state index contributed by atoms with van der Waals surface area (Å²) < 4.78 is 0. The van der Waals surface area contributed by atoms with Gasteiger partial charge in [-0.05, 0) is 13.0 Å². The van der Waals surface area contributed by atoms with Crippen LogP contribution in [0.1, 0.15) is 5.69 Å². The molecule has 1 rings (SSSR count). The van der Waals surface area contributed by atoms with Gasteiger partial charge in [0.15, 0.2) is 0 Å². The Labute approximate surface area is 47.3 Å². The summed E-state index contributed by atoms with van der Waals surface area (Å²) in [5.41, 5.74) is 1.03. The van der Waals surface area contributed by atoms with Gasteiger partial charge in [-0.15, -0.1) is 0 Å². The molecule has 38 valence electrons. The normalized spacial score (nSPS) is 9.43. The highest BCUT2D eigenvalue weighted by molar-refractivity contribution is 6.31. The fourth-order valence-corrected chi connectivity index (χ4v) is 0.551. The van der Waals surface area contributed by atoms with Gasteiger partial charge in [-0.2, -0.15) is 0 Å². The lowest BCUT2D eigenvalue weighted by Crippen LogP contribution is -1.64. The molecule has 1 aromatic rings. The fourth-order valence-electron chi connectivity index (χ4n) is 0.434. The number of aromatic nitrogens is 1. The average Bonchev–Trinajstić information content (AvgIpc) is 1.91. The second-order valence-electron chi connectivity index (χ2n) is 1.45. The van der Waals surface area contributed by atoms with E-state index in [4.69, 9.17) is 11.6 Å². The maximum Gasteiger partial charge on any atom is 0.0610 e. The first-order valence-corrected chi connectivity index (χ1v) is 2.48. The van der Waals surface area contributed by atoms with Gasteiger partial charge in [-0.1, -0.05) is 11.6 Å². The molecule has 0 aliphatic heterocycles. The van der Waals surface area contributed by atoms with Gasteiger partial charge < -0.3 is 4.98 Å². The van der Waals surface area contributed by atoms with Crippen LogP contribution >= 0.6 is 11.6 Å². The summed E-state index contributed by atoms with van der Waals surface area (Å²) >= 11 is 5.59. The van der Waals surface area contributed by atoms with E-state index in [-0.39, 0.29) is 0 Å². The first-order valence-electron chi connectivity index (χ1n) is 2.10. The summed E-state index contributed by atoms with van der Waals surface area (Å²) in [6.07, 6.45) is 1.82. The summed E-state index contributed by atoms with van der Waals surface area (Å²) in [5.74, 6) is 0. The lowest BCUT2D eigenvalue weighted by atomic mass is 10.5. The van der Waals surface area contributed by atoms with Crippen molar-refractivity contribution in [3.63, 3.8) is 0 Å². The van der Waals surface area contributed by atoms with E-state index in [1.54, 1.807) is 0 Å². The van der Waals surface area contributed by atoms with Crippen molar-refractivity contribution >= 4 is 11.6 Å². The second-order valence-corrected chi connectivity index (χ2v) is 1.86. The molecule has 0 aliphatic carbocycles. The fraction of sp³-hybridized carbons (Fsp3) is 0.200. The summed E-state index contributed by atoms with van der Waals surface area (Å²) in [6, 6.07) is 1.83. The molecule has 0 aliphatic rings. The van der Waals surface area contributed by atoms with E-state index in [1.807, 2.05) is 19.2 Å². The van der Waals surface area contributed by atoms with Crippen LogP contribution in [0.2, 0.25) is 5.02 Å². The molecule has 1 aromatic heterocycles. The summed E-state index contributed by atoms with van der Waals surface area (Å²) in [5, 5.41) is 0.806. The number of aromatic amines is 1. The smallest absolute Gasteiger partial charge is 0.0610 e. The zero-order valence-electron chi connectivity index (χ0n) is 4.03. The summed E-state index contributed by atoms with van der Waals surface area (Å²) in [4.78, 5) is 2.94. The Morgan fingerprint density at radius 3 is 2.57 bits per heavy atom. The first-order chi connectivity index (χ1) is 3.30. The van der Waals surface area contributed by atoms with Gasteiger partial charge in [0.25, 0.3) is 0 Å². The van der Waals surface area contributed by atoms with Crippen molar-refractivity contribution in [2.45, 2.75) is 6.92 Å². The highest BCUT2D eigenvalue weighted by Crippen LogP contribution is 2.10. The van der Waals surface area contributed by atoms with Gasteiger partial charge in [-0.25, -0.2) is 0 Å². The second kappa shape index (κ2) is 1.58. The quantitative estimate of drug-likeness (QED) is 0.532. The van der Waals surface area contributed by atoms with Crippen molar-refractivity contribution in [2.24, 2.45) is 0 Å². The van der Waals surface area contributed by atoms with Crippen LogP contribution in [0.3, 0.4) is 0 Å². The third-order valence-electron chi connectivity index (χ3n) is 0.888. The number of rotatable bonds is 0. The molecule has 0 spiro atoms. The van der Waals surface area contributed by atoms with Crippen molar-refractivity contribution in [3.05, 3.63) is 23.0 Å². The van der Waals surface area contributed by atoms with Crippen LogP contribution in [0, 0.1) is 6.92 Å². The molecular weight excluding hydrogens is 110 g/mol. The minimum absolute atomic E-state index is 0.806. The Morgan fingerprint density at radius 2 is 2.43 bits per heavy atom. The highest BCUT2D eigenvalue weighted by Gasteiger charge is 1.88. The molecule has 0 bridgehead atoms. The minimum Gasteiger partial charge on any atom is -0.364 e. The Morgan fingerprint density at radius 1 is 1.71 bits per heavy atom. The van der Waals surface area contributed by atoms with Crippen molar-refractivity contribution in [2.75, 3.05) is 0 Å². The van der Waals surface area contributed by atoms with E-state index in [0.29, 0.717) is 0 Å². The largest absolute Gasteiger partial charge is 0.364 e. The van der Waals surface area contributed by atoms with Crippen LogP contribution in [-0.4, -0.2) is 4.98 Å². The van der Waals surface area contributed by atoms with E-state index in [2.05, 4.69) is 4.98 Å². The number of hydrogen-bond acceptors (Lipinski definition) is 0. The van der Waals surface area contributed by atoms with E-state index in [9.17, 15) is 0 Å². The third-order valence-corrected chi connectivity index (χ3v) is 1.30. The molecule has 0 fully saturated rings. The number of nitrogens with one attached hydrogen (secondary N) is 1. The van der Waals surface area contributed by atoms with E-state index in [1.165, 1.54) is 0 Å². The molecule has 0 radical (unpaired) electrons. The standard InChI is InChI=1S/C5H6ClN/c1-4-5(6)2-3-7-4/h2-3,7H,1H3. The van der Waals surface area contributed by atoms with Gasteiger partial charge in [0.1, 0.15) is 0 Å². The van der Waals surface area contributed by atoms with Gasteiger partial charge in [0, 0.05) is 11.9 Å². The topological polar surface area (TPSA) is 15.8 Å². The molecule has 0 aromatic carbocycles. The average molecular weight is 116 g/mol. The Kier molecular flexibility index (Phi) is 1.07. The van der Waals surface area contributed by atoms with Crippen molar-refractivity contribution in [1.82, 2.24) is 4.98 Å². The molecule has 0 unspecified atom stereocenters. The Balaban J connectivity index is 3.12. The third kappa shape index (κ3) is 0.775. The number of hydrogen-bond donors (Lipinski definition) is 1. The predicted octanol–water partition coefficient (Wildman–Crippen LogP) is 1.98. The van der Waals surface area contributed by atoms with Gasteiger partial charge in [0.05, 0.1) is 5.02 Å². The van der Waals surface area contributed by atoms with Crippen LogP contribution in [-0.2, 0) is 0 Å². The van der Waals surface area contributed by atoms with E-state index >= 15 is 0 Å². The zero-order valence-corrected chi connectivity index (χ0v) is 4.79. The van der Waals surface area contributed by atoms with Crippen LogP contribution in [0.15, 0.2) is 12.3 Å². The monoisotopic (exact) mass is 115 g/mol. The van der Waals surface area contributed by atoms with Gasteiger partial charge in [-0.3, -0.25) is 0 Å². The summed E-state index contributed by atoms with van der Waals surface area (Å²) in [6.45, 7) is 1.93. The molecule has 0 saturated heterocycles. The van der Waals surface area contributed by atoms with Crippen LogP contribution in [0.4, 0.5) is 0 Å². The number of halogens is 1. The molecule has 0 amide bonds. The molecule has 2 heteroatoms. The maximum atomic E-state index is 5.59. The first kappa shape index (κ1) is 4.72. The predicted molar refractivity (Wildman–Crippen MR) is 30.5 cm³/mol. The number of H-pyrrole nitrogens is 1. The molecule has 1 heterocycles. The highest BCUT2D eigenvalue weighted by atomic mass is 35.5. The minimum atomic E-state index is 0.806. The molecule has 1 N–H and O–H groups in total. The van der Waals surface area contributed by atoms with E-state index in [0.717, 1.165) is 10.7 Å². The zero-order chi connectivity index (χ0) is 5.28.